The molecule has 1 aliphatic heterocycles. The van der Waals surface area contributed by atoms with E-state index in [2.05, 4.69) is 26.9 Å². The van der Waals surface area contributed by atoms with E-state index in [4.69, 9.17) is 0 Å². The number of likely N-dealkylation sites (N-methyl/N-ethyl adjacent to an activating group) is 1. The van der Waals surface area contributed by atoms with Crippen LogP contribution in [0, 0.1) is 0 Å². The second-order valence-electron chi connectivity index (χ2n) is 9.66. The third kappa shape index (κ3) is 5.45. The van der Waals surface area contributed by atoms with Crippen molar-refractivity contribution in [3.05, 3.63) is 90.6 Å². The van der Waals surface area contributed by atoms with Gasteiger partial charge < -0.3 is 15.1 Å². The van der Waals surface area contributed by atoms with E-state index in [1.807, 2.05) is 36.4 Å². The van der Waals surface area contributed by atoms with Crippen LogP contribution in [0.3, 0.4) is 0 Å². The highest BCUT2D eigenvalue weighted by atomic mass is 32.2. The number of phenols is 2. The van der Waals surface area contributed by atoms with Crippen molar-refractivity contribution in [2.75, 3.05) is 44.7 Å². The van der Waals surface area contributed by atoms with Crippen LogP contribution in [0.25, 0.3) is 10.8 Å². The number of hydrogen-bond donors (Lipinski definition) is 2. The van der Waals surface area contributed by atoms with Crippen molar-refractivity contribution in [2.45, 2.75) is 17.5 Å². The molecule has 1 unspecified atom stereocenters. The van der Waals surface area contributed by atoms with Gasteiger partial charge in [-0.1, -0.05) is 48.5 Å². The Bertz CT molecular complexity index is 1500. The van der Waals surface area contributed by atoms with Gasteiger partial charge in [0, 0.05) is 63.1 Å². The summed E-state index contributed by atoms with van der Waals surface area (Å²) in [6.45, 7) is 3.81. The molecule has 0 saturated carbocycles. The molecule has 2 N–H and O–H groups in total. The maximum Gasteiger partial charge on any atom is 0.261 e. The fourth-order valence-electron chi connectivity index (χ4n) is 5.03. The number of sulfonamides is 1. The minimum atomic E-state index is -3.93. The topological polar surface area (TPSA) is 97.2 Å². The van der Waals surface area contributed by atoms with E-state index in [9.17, 15) is 18.6 Å². The van der Waals surface area contributed by atoms with E-state index in [1.165, 1.54) is 28.3 Å². The average molecular weight is 533 g/mol. The molecule has 9 heteroatoms. The Labute approximate surface area is 223 Å². The lowest BCUT2D eigenvalue weighted by molar-refractivity contribution is 0.200. The van der Waals surface area contributed by atoms with Gasteiger partial charge in [0.05, 0.1) is 0 Å². The Morgan fingerprint density at radius 2 is 1.61 bits per heavy atom. The Balaban J connectivity index is 1.41. The number of para-hydroxylation sites is 1. The Hall–Kier alpha value is -3.66. The fraction of sp³-hybridized carbons (Fsp3) is 0.276. The number of pyridine rings is 1. The number of hydrogen-bond acceptors (Lipinski definition) is 7. The van der Waals surface area contributed by atoms with Crippen LogP contribution in [0.1, 0.15) is 5.56 Å². The summed E-state index contributed by atoms with van der Waals surface area (Å²) in [5.74, 6) is -0.428. The molecule has 0 spiro atoms. The molecule has 0 aliphatic carbocycles. The summed E-state index contributed by atoms with van der Waals surface area (Å²) in [6, 6.07) is 23.6. The number of aromatic hydroxyl groups is 2. The Morgan fingerprint density at radius 1 is 0.895 bits per heavy atom. The second-order valence-corrected chi connectivity index (χ2v) is 11.6. The number of nitrogens with zero attached hydrogens (tertiary/aromatic N) is 4. The van der Waals surface area contributed by atoms with E-state index >= 15 is 0 Å². The summed E-state index contributed by atoms with van der Waals surface area (Å²) in [5, 5.41) is 21.3. The van der Waals surface area contributed by atoms with Crippen molar-refractivity contribution in [1.29, 1.82) is 0 Å². The molecule has 8 nitrogen and oxygen atoms in total. The molecule has 4 aromatic rings. The lowest BCUT2D eigenvalue weighted by atomic mass is 10.0. The molecule has 1 saturated heterocycles. The predicted molar refractivity (Wildman–Crippen MR) is 149 cm³/mol. The molecule has 1 fully saturated rings. The molecular formula is C29H32N4O4S. The number of piperazine rings is 1. The quantitative estimate of drug-likeness (QED) is 0.334. The highest BCUT2D eigenvalue weighted by Gasteiger charge is 2.32. The summed E-state index contributed by atoms with van der Waals surface area (Å²) in [4.78, 5) is 8.90. The van der Waals surface area contributed by atoms with E-state index in [0.29, 0.717) is 18.4 Å². The first-order valence-corrected chi connectivity index (χ1v) is 14.1. The van der Waals surface area contributed by atoms with Gasteiger partial charge >= 0.3 is 0 Å². The minimum absolute atomic E-state index is 0.0329. The summed E-state index contributed by atoms with van der Waals surface area (Å²) >= 11 is 0. The Morgan fingerprint density at radius 3 is 2.34 bits per heavy atom. The molecule has 38 heavy (non-hydrogen) atoms. The molecule has 0 radical (unpaired) electrons. The van der Waals surface area contributed by atoms with Crippen molar-refractivity contribution in [1.82, 2.24) is 14.2 Å². The van der Waals surface area contributed by atoms with Gasteiger partial charge in [0.1, 0.15) is 0 Å². The summed E-state index contributed by atoms with van der Waals surface area (Å²) in [5.41, 5.74) is 1.92. The zero-order valence-corrected chi connectivity index (χ0v) is 22.1. The lowest BCUT2D eigenvalue weighted by Gasteiger charge is -2.39. The Kier molecular flexibility index (Phi) is 7.51. The molecule has 1 aromatic heterocycles. The zero-order chi connectivity index (χ0) is 26.7. The maximum atomic E-state index is 13.9. The summed E-state index contributed by atoms with van der Waals surface area (Å²) < 4.78 is 29.3. The number of benzene rings is 3. The van der Waals surface area contributed by atoms with Crippen molar-refractivity contribution in [3.63, 3.8) is 0 Å². The first-order valence-electron chi connectivity index (χ1n) is 12.7. The first kappa shape index (κ1) is 26.0. The van der Waals surface area contributed by atoms with Gasteiger partial charge in [0.25, 0.3) is 10.0 Å². The molecule has 0 bridgehead atoms. The third-order valence-corrected chi connectivity index (χ3v) is 9.12. The van der Waals surface area contributed by atoms with Gasteiger partial charge in [-0.2, -0.15) is 4.31 Å². The largest absolute Gasteiger partial charge is 0.504 e. The number of phenolic OH excluding ortho intramolecular Hbond substituents is 2. The van der Waals surface area contributed by atoms with E-state index in [0.717, 1.165) is 37.1 Å². The maximum absolute atomic E-state index is 13.9. The van der Waals surface area contributed by atoms with Crippen LogP contribution in [0.5, 0.6) is 11.5 Å². The predicted octanol–water partition coefficient (Wildman–Crippen LogP) is 3.70. The summed E-state index contributed by atoms with van der Waals surface area (Å²) in [6.07, 6.45) is 1.89. The van der Waals surface area contributed by atoms with Gasteiger partial charge in [0.15, 0.2) is 16.5 Å². The number of rotatable bonds is 8. The number of anilines is 1. The zero-order valence-electron chi connectivity index (χ0n) is 21.3. The third-order valence-electron chi connectivity index (χ3n) is 7.25. The van der Waals surface area contributed by atoms with Crippen LogP contribution in [0.15, 0.2) is 90.1 Å². The van der Waals surface area contributed by atoms with Crippen LogP contribution in [-0.4, -0.2) is 78.6 Å². The molecular weight excluding hydrogens is 500 g/mol. The van der Waals surface area contributed by atoms with E-state index in [1.54, 1.807) is 25.2 Å². The van der Waals surface area contributed by atoms with Crippen LogP contribution in [-0.2, 0) is 16.4 Å². The van der Waals surface area contributed by atoms with Gasteiger partial charge in [-0.05, 0) is 47.7 Å². The molecule has 1 aliphatic rings. The van der Waals surface area contributed by atoms with Gasteiger partial charge in [-0.3, -0.25) is 4.90 Å². The molecule has 3 aromatic carbocycles. The molecule has 0 amide bonds. The molecule has 1 atom stereocenters. The number of fused-ring (bicyclic) bond motifs is 1. The highest BCUT2D eigenvalue weighted by molar-refractivity contribution is 7.89. The van der Waals surface area contributed by atoms with Crippen LogP contribution >= 0.6 is 0 Å². The van der Waals surface area contributed by atoms with Crippen LogP contribution in [0.2, 0.25) is 0 Å². The molecule has 2 heterocycles. The van der Waals surface area contributed by atoms with Crippen molar-refractivity contribution >= 4 is 26.5 Å². The number of aromatic nitrogens is 1. The highest BCUT2D eigenvalue weighted by Crippen LogP contribution is 2.28. The fourth-order valence-corrected chi connectivity index (χ4v) is 6.50. The average Bonchev–Trinajstić information content (AvgIpc) is 2.94. The minimum Gasteiger partial charge on any atom is -0.504 e. The standard InChI is InChI=1S/C29H32N4O4S/c1-31(38(36,37)29-26-10-6-5-7-23(26)13-14-30-29)25(19-22-11-12-27(34)28(35)20-22)21-32-15-17-33(18-16-32)24-8-3-2-4-9-24/h2-14,20,25,34-35H,15-19,21H2,1H3. The smallest absolute Gasteiger partial charge is 0.261 e. The van der Waals surface area contributed by atoms with Crippen molar-refractivity contribution in [2.24, 2.45) is 0 Å². The van der Waals surface area contributed by atoms with E-state index < -0.39 is 16.1 Å². The molecule has 198 valence electrons. The van der Waals surface area contributed by atoms with Crippen LogP contribution < -0.4 is 4.90 Å². The van der Waals surface area contributed by atoms with Gasteiger partial charge in [-0.15, -0.1) is 0 Å². The van der Waals surface area contributed by atoms with E-state index in [-0.39, 0.29) is 16.5 Å². The van der Waals surface area contributed by atoms with Crippen molar-refractivity contribution < 1.29 is 18.6 Å². The molecule has 5 rings (SSSR count). The SMILES string of the molecule is CN(C(Cc1ccc(O)c(O)c1)CN1CCN(c2ccccc2)CC1)S(=O)(=O)c1nccc2ccccc12. The van der Waals surface area contributed by atoms with Gasteiger partial charge in [0.2, 0.25) is 0 Å². The van der Waals surface area contributed by atoms with Gasteiger partial charge in [-0.25, -0.2) is 13.4 Å². The summed E-state index contributed by atoms with van der Waals surface area (Å²) in [7, 11) is -2.33. The lowest BCUT2D eigenvalue weighted by Crippen LogP contribution is -2.52. The normalized spacial score (nSPS) is 15.7. The second kappa shape index (κ2) is 11.0. The first-order chi connectivity index (χ1) is 18.3. The van der Waals surface area contributed by atoms with Crippen LogP contribution in [0.4, 0.5) is 5.69 Å². The monoisotopic (exact) mass is 532 g/mol. The van der Waals surface area contributed by atoms with Crippen molar-refractivity contribution in [3.8, 4) is 11.5 Å².